The van der Waals surface area contributed by atoms with Gasteiger partial charge in [-0.15, -0.1) is 0 Å². The molecule has 0 atom stereocenters. The molecular weight excluding hydrogens is 254 g/mol. The van der Waals surface area contributed by atoms with Crippen LogP contribution in [-0.2, 0) is 17.9 Å². The molecule has 1 aliphatic heterocycles. The average Bonchev–Trinajstić information content (AvgIpc) is 2.83. The zero-order chi connectivity index (χ0) is 14.7. The Morgan fingerprint density at radius 2 is 2.00 bits per heavy atom. The number of primary amides is 1. The van der Waals surface area contributed by atoms with Crippen molar-refractivity contribution < 1.29 is 9.59 Å². The molecule has 1 aliphatic rings. The number of amides is 2. The van der Waals surface area contributed by atoms with Gasteiger partial charge in [0.15, 0.2) is 0 Å². The number of rotatable bonds is 5. The smallest absolute Gasteiger partial charge is 0.254 e. The maximum Gasteiger partial charge on any atom is 0.254 e. The van der Waals surface area contributed by atoms with Crippen molar-refractivity contribution in [3.8, 4) is 0 Å². The maximum absolute atomic E-state index is 12.5. The lowest BCUT2D eigenvalue weighted by Gasteiger charge is -2.23. The van der Waals surface area contributed by atoms with E-state index in [9.17, 15) is 9.59 Å². The summed E-state index contributed by atoms with van der Waals surface area (Å²) in [6.07, 6.45) is 0. The van der Waals surface area contributed by atoms with E-state index in [4.69, 9.17) is 5.73 Å². The summed E-state index contributed by atoms with van der Waals surface area (Å²) in [6, 6.07) is 5.70. The summed E-state index contributed by atoms with van der Waals surface area (Å²) in [5, 5.41) is 3.25. The van der Waals surface area contributed by atoms with E-state index in [0.717, 1.165) is 18.7 Å². The first-order valence-corrected chi connectivity index (χ1v) is 6.87. The van der Waals surface area contributed by atoms with Gasteiger partial charge >= 0.3 is 0 Å². The summed E-state index contributed by atoms with van der Waals surface area (Å²) in [6.45, 7) is 6.14. The van der Waals surface area contributed by atoms with Crippen molar-refractivity contribution in [2.75, 3.05) is 13.1 Å². The SMILES string of the molecule is CC(C)CN(CC(N)=O)C(=O)c1ccc2c(c1)CNC2. The Balaban J connectivity index is 2.20. The molecule has 0 unspecified atom stereocenters. The summed E-state index contributed by atoms with van der Waals surface area (Å²) >= 11 is 0. The van der Waals surface area contributed by atoms with Gasteiger partial charge in [0.2, 0.25) is 5.91 Å². The molecule has 0 aliphatic carbocycles. The van der Waals surface area contributed by atoms with Crippen molar-refractivity contribution in [3.05, 3.63) is 34.9 Å². The van der Waals surface area contributed by atoms with Crippen LogP contribution >= 0.6 is 0 Å². The predicted octanol–water partition coefficient (Wildman–Crippen LogP) is 0.873. The first-order chi connectivity index (χ1) is 9.47. The van der Waals surface area contributed by atoms with Crippen LogP contribution < -0.4 is 11.1 Å². The van der Waals surface area contributed by atoms with Crippen LogP contribution in [0.2, 0.25) is 0 Å². The van der Waals surface area contributed by atoms with E-state index in [2.05, 4.69) is 5.32 Å². The predicted molar refractivity (Wildman–Crippen MR) is 76.9 cm³/mol. The third kappa shape index (κ3) is 3.36. The number of nitrogens with two attached hydrogens (primary N) is 1. The summed E-state index contributed by atoms with van der Waals surface area (Å²) in [7, 11) is 0. The highest BCUT2D eigenvalue weighted by Gasteiger charge is 2.20. The van der Waals surface area contributed by atoms with Gasteiger partial charge in [0.05, 0.1) is 6.54 Å². The van der Waals surface area contributed by atoms with Gasteiger partial charge in [-0.25, -0.2) is 0 Å². The molecule has 3 N–H and O–H groups in total. The first kappa shape index (κ1) is 14.5. The summed E-state index contributed by atoms with van der Waals surface area (Å²) in [5.41, 5.74) is 8.23. The molecule has 0 fully saturated rings. The Hall–Kier alpha value is -1.88. The van der Waals surface area contributed by atoms with Gasteiger partial charge in [-0.1, -0.05) is 19.9 Å². The highest BCUT2D eigenvalue weighted by atomic mass is 16.2. The molecule has 20 heavy (non-hydrogen) atoms. The van der Waals surface area contributed by atoms with E-state index in [1.807, 2.05) is 32.0 Å². The van der Waals surface area contributed by atoms with Gasteiger partial charge in [-0.05, 0) is 29.2 Å². The molecule has 1 heterocycles. The Morgan fingerprint density at radius 1 is 1.30 bits per heavy atom. The molecule has 0 saturated heterocycles. The molecule has 5 nitrogen and oxygen atoms in total. The van der Waals surface area contributed by atoms with Gasteiger partial charge in [0.1, 0.15) is 0 Å². The molecule has 0 aromatic heterocycles. The normalized spacial score (nSPS) is 13.3. The van der Waals surface area contributed by atoms with Gasteiger partial charge in [-0.2, -0.15) is 0 Å². The second-order valence-electron chi connectivity index (χ2n) is 5.63. The fourth-order valence-corrected chi connectivity index (χ4v) is 2.46. The fraction of sp³-hybridized carbons (Fsp3) is 0.467. The van der Waals surface area contributed by atoms with Gasteiger partial charge in [0, 0.05) is 25.2 Å². The molecule has 108 valence electrons. The Bertz CT molecular complexity index is 526. The van der Waals surface area contributed by atoms with Crippen molar-refractivity contribution in [2.45, 2.75) is 26.9 Å². The van der Waals surface area contributed by atoms with Gasteiger partial charge in [-0.3, -0.25) is 9.59 Å². The molecule has 0 bridgehead atoms. The first-order valence-electron chi connectivity index (χ1n) is 6.87. The molecule has 0 saturated carbocycles. The minimum Gasteiger partial charge on any atom is -0.368 e. The Kier molecular flexibility index (Phi) is 4.39. The summed E-state index contributed by atoms with van der Waals surface area (Å²) in [4.78, 5) is 25.2. The lowest BCUT2D eigenvalue weighted by molar-refractivity contribution is -0.118. The van der Waals surface area contributed by atoms with Crippen molar-refractivity contribution in [1.82, 2.24) is 10.2 Å². The Morgan fingerprint density at radius 3 is 2.65 bits per heavy atom. The summed E-state index contributed by atoms with van der Waals surface area (Å²) < 4.78 is 0. The van der Waals surface area contributed by atoms with Crippen LogP contribution in [-0.4, -0.2) is 29.8 Å². The number of benzene rings is 1. The van der Waals surface area contributed by atoms with E-state index in [1.54, 1.807) is 0 Å². The zero-order valence-electron chi connectivity index (χ0n) is 12.0. The van der Waals surface area contributed by atoms with E-state index in [0.29, 0.717) is 12.1 Å². The van der Waals surface area contributed by atoms with Gasteiger partial charge < -0.3 is 16.0 Å². The Labute approximate surface area is 119 Å². The minimum absolute atomic E-state index is 0.0354. The number of hydrogen-bond donors (Lipinski definition) is 2. The van der Waals surface area contributed by atoms with Crippen LogP contribution in [0.3, 0.4) is 0 Å². The molecule has 5 heteroatoms. The third-order valence-corrected chi connectivity index (χ3v) is 3.30. The number of fused-ring (bicyclic) bond motifs is 1. The lowest BCUT2D eigenvalue weighted by atomic mass is 10.0. The van der Waals surface area contributed by atoms with Crippen LogP contribution in [0.25, 0.3) is 0 Å². The standard InChI is InChI=1S/C15H21N3O2/c1-10(2)8-18(9-14(16)19)15(20)11-3-4-12-6-17-7-13(12)5-11/h3-5,10,17H,6-9H2,1-2H3,(H2,16,19). The second-order valence-corrected chi connectivity index (χ2v) is 5.63. The monoisotopic (exact) mass is 275 g/mol. The maximum atomic E-state index is 12.5. The number of hydrogen-bond acceptors (Lipinski definition) is 3. The molecule has 2 rings (SSSR count). The van der Waals surface area contributed by atoms with E-state index >= 15 is 0 Å². The van der Waals surface area contributed by atoms with Crippen molar-refractivity contribution in [1.29, 1.82) is 0 Å². The minimum atomic E-state index is -0.484. The summed E-state index contributed by atoms with van der Waals surface area (Å²) in [5.74, 6) is -0.330. The van der Waals surface area contributed by atoms with Crippen LogP contribution in [0.1, 0.15) is 35.3 Å². The van der Waals surface area contributed by atoms with Gasteiger partial charge in [0.25, 0.3) is 5.91 Å². The average molecular weight is 275 g/mol. The topological polar surface area (TPSA) is 75.4 Å². The lowest BCUT2D eigenvalue weighted by Crippen LogP contribution is -2.40. The van der Waals surface area contributed by atoms with E-state index in [1.165, 1.54) is 10.5 Å². The number of carbonyl (C=O) groups excluding carboxylic acids is 2. The molecule has 1 aromatic rings. The van der Waals surface area contributed by atoms with E-state index in [-0.39, 0.29) is 18.4 Å². The number of nitrogens with one attached hydrogen (secondary N) is 1. The molecule has 0 radical (unpaired) electrons. The molecular formula is C15H21N3O2. The highest BCUT2D eigenvalue weighted by molar-refractivity contribution is 5.96. The van der Waals surface area contributed by atoms with Crippen molar-refractivity contribution in [3.63, 3.8) is 0 Å². The van der Waals surface area contributed by atoms with E-state index < -0.39 is 5.91 Å². The van der Waals surface area contributed by atoms with Crippen molar-refractivity contribution in [2.24, 2.45) is 11.7 Å². The largest absolute Gasteiger partial charge is 0.368 e. The highest BCUT2D eigenvalue weighted by Crippen LogP contribution is 2.18. The number of nitrogens with zero attached hydrogens (tertiary/aromatic N) is 1. The van der Waals surface area contributed by atoms with Crippen LogP contribution in [0.4, 0.5) is 0 Å². The fourth-order valence-electron chi connectivity index (χ4n) is 2.46. The quantitative estimate of drug-likeness (QED) is 0.837. The van der Waals surface area contributed by atoms with Crippen molar-refractivity contribution >= 4 is 11.8 Å². The number of carbonyl (C=O) groups is 2. The molecule has 0 spiro atoms. The second kappa shape index (κ2) is 6.05. The zero-order valence-corrected chi connectivity index (χ0v) is 12.0. The van der Waals surface area contributed by atoms with Crippen LogP contribution in [0.15, 0.2) is 18.2 Å². The molecule has 2 amide bonds. The molecule has 1 aromatic carbocycles. The third-order valence-electron chi connectivity index (χ3n) is 3.30. The van der Waals surface area contributed by atoms with Crippen LogP contribution in [0.5, 0.6) is 0 Å². The van der Waals surface area contributed by atoms with Crippen LogP contribution in [0, 0.1) is 5.92 Å².